The molecule has 3 aromatic carbocycles. The van der Waals surface area contributed by atoms with E-state index in [9.17, 15) is 5.11 Å². The van der Waals surface area contributed by atoms with Crippen molar-refractivity contribution in [2.75, 3.05) is 0 Å². The number of rotatable bonds is 5. The standard InChI is InChI=1S/C25H23O/c1-19-3-4-20(2)25(17-19)16-15-23-9-7-21(8-10-23)5-6-22-11-13-24(18-26)14-12-22/h3-17H,18H2,1-2H3/q-1/b6-5+,16-15+. The maximum atomic E-state index is 10.8. The fourth-order valence-electron chi connectivity index (χ4n) is 2.76. The molecule has 0 aliphatic heterocycles. The topological polar surface area (TPSA) is 23.1 Å². The Morgan fingerprint density at radius 3 is 1.69 bits per heavy atom. The molecule has 0 aromatic heterocycles. The molecule has 0 unspecified atom stereocenters. The molecule has 0 amide bonds. The lowest BCUT2D eigenvalue weighted by atomic mass is 10.0. The van der Waals surface area contributed by atoms with Gasteiger partial charge in [-0.1, -0.05) is 102 Å². The van der Waals surface area contributed by atoms with Crippen molar-refractivity contribution in [2.24, 2.45) is 0 Å². The second-order valence-electron chi connectivity index (χ2n) is 6.58. The first-order chi connectivity index (χ1) is 12.6. The highest BCUT2D eigenvalue weighted by atomic mass is 16.3. The zero-order valence-corrected chi connectivity index (χ0v) is 15.3. The summed E-state index contributed by atoms with van der Waals surface area (Å²) in [5, 5.41) is 10.8. The molecule has 26 heavy (non-hydrogen) atoms. The van der Waals surface area contributed by atoms with Gasteiger partial charge >= 0.3 is 0 Å². The summed E-state index contributed by atoms with van der Waals surface area (Å²) < 4.78 is 0. The number of hydrogen-bond acceptors (Lipinski definition) is 1. The van der Waals surface area contributed by atoms with Crippen molar-refractivity contribution >= 4 is 24.3 Å². The van der Waals surface area contributed by atoms with Crippen LogP contribution in [-0.4, -0.2) is 0 Å². The average Bonchev–Trinajstić information content (AvgIpc) is 2.68. The smallest absolute Gasteiger partial charge is 0.0225 e. The van der Waals surface area contributed by atoms with Crippen molar-refractivity contribution in [1.82, 2.24) is 0 Å². The highest BCUT2D eigenvalue weighted by molar-refractivity contribution is 5.73. The normalized spacial score (nSPS) is 11.5. The van der Waals surface area contributed by atoms with Crippen molar-refractivity contribution in [3.63, 3.8) is 0 Å². The van der Waals surface area contributed by atoms with Gasteiger partial charge < -0.3 is 5.11 Å². The SMILES string of the molecule is Cc1ccc(C)c(/C=C/c2ccc(/C=C/c3ccc(C[O-])cc3)cc2)c1. The molecule has 0 bridgehead atoms. The third-order valence-corrected chi connectivity index (χ3v) is 4.44. The summed E-state index contributed by atoms with van der Waals surface area (Å²) in [6.45, 7) is 4.09. The lowest BCUT2D eigenvalue weighted by molar-refractivity contribution is -0.386. The maximum Gasteiger partial charge on any atom is -0.0225 e. The molecule has 0 saturated heterocycles. The first kappa shape index (κ1) is 17.9. The lowest BCUT2D eigenvalue weighted by Gasteiger charge is -2.03. The number of hydrogen-bond donors (Lipinski definition) is 0. The quantitative estimate of drug-likeness (QED) is 0.563. The van der Waals surface area contributed by atoms with Crippen molar-refractivity contribution in [3.8, 4) is 0 Å². The molecule has 3 rings (SSSR count). The third-order valence-electron chi connectivity index (χ3n) is 4.44. The molecule has 0 spiro atoms. The molecule has 0 heterocycles. The summed E-state index contributed by atoms with van der Waals surface area (Å²) in [5.74, 6) is 0. The molecule has 0 N–H and O–H groups in total. The second kappa shape index (κ2) is 8.46. The highest BCUT2D eigenvalue weighted by Gasteiger charge is 1.95. The van der Waals surface area contributed by atoms with Crippen LogP contribution in [0.15, 0.2) is 66.7 Å². The molecule has 0 atom stereocenters. The van der Waals surface area contributed by atoms with Crippen LogP contribution in [0.3, 0.4) is 0 Å². The van der Waals surface area contributed by atoms with E-state index in [1.165, 1.54) is 22.3 Å². The number of aryl methyl sites for hydroxylation is 2. The van der Waals surface area contributed by atoms with E-state index in [4.69, 9.17) is 0 Å². The summed E-state index contributed by atoms with van der Waals surface area (Å²) in [5.41, 5.74) is 8.08. The van der Waals surface area contributed by atoms with Gasteiger partial charge in [0.1, 0.15) is 0 Å². The molecule has 3 aromatic rings. The van der Waals surface area contributed by atoms with E-state index in [0.717, 1.165) is 16.7 Å². The maximum absolute atomic E-state index is 10.8. The Bertz CT molecular complexity index is 913. The molecule has 0 fully saturated rings. The molecular weight excluding hydrogens is 316 g/mol. The minimum absolute atomic E-state index is 0.166. The monoisotopic (exact) mass is 339 g/mol. The van der Waals surface area contributed by atoms with Crippen molar-refractivity contribution in [2.45, 2.75) is 20.5 Å². The van der Waals surface area contributed by atoms with E-state index >= 15 is 0 Å². The van der Waals surface area contributed by atoms with Crippen LogP contribution in [0.2, 0.25) is 0 Å². The average molecular weight is 339 g/mol. The second-order valence-corrected chi connectivity index (χ2v) is 6.58. The molecule has 1 nitrogen and oxygen atoms in total. The fraction of sp³-hybridized carbons (Fsp3) is 0.120. The van der Waals surface area contributed by atoms with Crippen LogP contribution in [0.1, 0.15) is 38.9 Å². The van der Waals surface area contributed by atoms with Crippen molar-refractivity contribution in [1.29, 1.82) is 0 Å². The van der Waals surface area contributed by atoms with Gasteiger partial charge in [-0.3, -0.25) is 0 Å². The summed E-state index contributed by atoms with van der Waals surface area (Å²) in [4.78, 5) is 0. The molecule has 0 radical (unpaired) electrons. The predicted octanol–water partition coefficient (Wildman–Crippen LogP) is 5.50. The third kappa shape index (κ3) is 4.81. The van der Waals surface area contributed by atoms with Gasteiger partial charge in [-0.15, -0.1) is 6.61 Å². The van der Waals surface area contributed by atoms with Gasteiger partial charge in [0.2, 0.25) is 0 Å². The Hall–Kier alpha value is -2.90. The van der Waals surface area contributed by atoms with E-state index in [0.29, 0.717) is 0 Å². The van der Waals surface area contributed by atoms with Crippen LogP contribution < -0.4 is 5.11 Å². The first-order valence-electron chi connectivity index (χ1n) is 8.84. The van der Waals surface area contributed by atoms with Crippen molar-refractivity contribution in [3.05, 3.63) is 106 Å². The van der Waals surface area contributed by atoms with Gasteiger partial charge in [0.25, 0.3) is 0 Å². The highest BCUT2D eigenvalue weighted by Crippen LogP contribution is 2.16. The molecule has 1 heteroatoms. The van der Waals surface area contributed by atoms with Gasteiger partial charge in [0, 0.05) is 0 Å². The summed E-state index contributed by atoms with van der Waals surface area (Å²) in [6, 6.07) is 22.7. The minimum atomic E-state index is -0.166. The van der Waals surface area contributed by atoms with E-state index in [-0.39, 0.29) is 6.61 Å². The molecule has 0 aliphatic carbocycles. The van der Waals surface area contributed by atoms with Crippen molar-refractivity contribution < 1.29 is 5.11 Å². The van der Waals surface area contributed by atoms with Gasteiger partial charge in [0.05, 0.1) is 0 Å². The number of benzene rings is 3. The Balaban J connectivity index is 1.68. The van der Waals surface area contributed by atoms with E-state index in [2.05, 4.69) is 80.6 Å². The van der Waals surface area contributed by atoms with Gasteiger partial charge in [-0.25, -0.2) is 0 Å². The molecule has 0 saturated carbocycles. The van der Waals surface area contributed by atoms with Gasteiger partial charge in [-0.05, 0) is 41.7 Å². The molecular formula is C25H23O-. The Labute approximate surface area is 156 Å². The fourth-order valence-corrected chi connectivity index (χ4v) is 2.76. The zero-order chi connectivity index (χ0) is 18.4. The Morgan fingerprint density at radius 2 is 1.15 bits per heavy atom. The Morgan fingerprint density at radius 1 is 0.654 bits per heavy atom. The Kier molecular flexibility index (Phi) is 5.83. The largest absolute Gasteiger partial charge is 0.851 e. The van der Waals surface area contributed by atoms with Crippen LogP contribution in [0.4, 0.5) is 0 Å². The molecule has 0 aliphatic rings. The van der Waals surface area contributed by atoms with Gasteiger partial charge in [0.15, 0.2) is 0 Å². The van der Waals surface area contributed by atoms with E-state index in [1.54, 1.807) is 0 Å². The first-order valence-corrected chi connectivity index (χ1v) is 8.84. The van der Waals surface area contributed by atoms with Gasteiger partial charge in [-0.2, -0.15) is 0 Å². The summed E-state index contributed by atoms with van der Waals surface area (Å²) >= 11 is 0. The predicted molar refractivity (Wildman–Crippen MR) is 110 cm³/mol. The van der Waals surface area contributed by atoms with Crippen LogP contribution in [-0.2, 0) is 6.61 Å². The summed E-state index contributed by atoms with van der Waals surface area (Å²) in [7, 11) is 0. The van der Waals surface area contributed by atoms with E-state index < -0.39 is 0 Å². The zero-order valence-electron chi connectivity index (χ0n) is 15.3. The van der Waals surface area contributed by atoms with Crippen LogP contribution >= 0.6 is 0 Å². The lowest BCUT2D eigenvalue weighted by Crippen LogP contribution is -2.01. The summed E-state index contributed by atoms with van der Waals surface area (Å²) in [6.07, 6.45) is 8.47. The minimum Gasteiger partial charge on any atom is -0.851 e. The van der Waals surface area contributed by atoms with E-state index in [1.807, 2.05) is 24.3 Å². The van der Waals surface area contributed by atoms with Crippen LogP contribution in [0, 0.1) is 13.8 Å². The molecule has 130 valence electrons. The van der Waals surface area contributed by atoms with Crippen LogP contribution in [0.5, 0.6) is 0 Å². The van der Waals surface area contributed by atoms with Crippen LogP contribution in [0.25, 0.3) is 24.3 Å².